The van der Waals surface area contributed by atoms with Crippen molar-refractivity contribution in [1.29, 1.82) is 0 Å². The largest absolute Gasteiger partial charge is 0.344 e. The van der Waals surface area contributed by atoms with Gasteiger partial charge in [-0.2, -0.15) is 4.98 Å². The number of benzene rings is 2. The van der Waals surface area contributed by atoms with E-state index in [0.29, 0.717) is 35.0 Å². The summed E-state index contributed by atoms with van der Waals surface area (Å²) in [5, 5.41) is 3.21. The van der Waals surface area contributed by atoms with Gasteiger partial charge >= 0.3 is 0 Å². The molecule has 0 fully saturated rings. The third-order valence-corrected chi connectivity index (χ3v) is 5.09. The standard InChI is InChI=1S/C22H18FN7O/c1-2-15(28-22-24-11-17-19(29-22)26-12-25-17)20-27-16-10-6-9-14(23)18(16)21(31)30(20)13-7-4-3-5-8-13/h3-12,15H,2H2,1H3,(H2,24,25,26,28,29). The summed E-state index contributed by atoms with van der Waals surface area (Å²) >= 11 is 0. The molecule has 0 amide bonds. The number of imidazole rings is 1. The second-order valence-corrected chi connectivity index (χ2v) is 7.02. The normalized spacial score (nSPS) is 12.3. The molecule has 1 atom stereocenters. The van der Waals surface area contributed by atoms with Gasteiger partial charge in [0.15, 0.2) is 5.65 Å². The fourth-order valence-corrected chi connectivity index (χ4v) is 3.58. The Bertz CT molecular complexity index is 1450. The molecule has 0 bridgehead atoms. The van der Waals surface area contributed by atoms with Crippen LogP contribution in [-0.4, -0.2) is 29.5 Å². The molecule has 8 nitrogen and oxygen atoms in total. The predicted molar refractivity (Wildman–Crippen MR) is 116 cm³/mol. The van der Waals surface area contributed by atoms with Crippen molar-refractivity contribution in [2.75, 3.05) is 5.32 Å². The Kier molecular flexibility index (Phi) is 4.62. The van der Waals surface area contributed by atoms with Crippen LogP contribution in [0.4, 0.5) is 10.3 Å². The number of rotatable bonds is 5. The quantitative estimate of drug-likeness (QED) is 0.453. The molecule has 154 valence electrons. The summed E-state index contributed by atoms with van der Waals surface area (Å²) in [7, 11) is 0. The molecule has 0 spiro atoms. The average molecular weight is 415 g/mol. The first-order chi connectivity index (χ1) is 15.2. The Balaban J connectivity index is 1.70. The molecule has 0 radical (unpaired) electrons. The third kappa shape index (κ3) is 3.29. The van der Waals surface area contributed by atoms with Crippen LogP contribution in [-0.2, 0) is 0 Å². The smallest absolute Gasteiger partial charge is 0.269 e. The van der Waals surface area contributed by atoms with Crippen molar-refractivity contribution >= 4 is 28.0 Å². The SMILES string of the molecule is CCC(Nc1ncc2[nH]cnc2n1)c1nc2cccc(F)c2c(=O)n1-c1ccccc1. The van der Waals surface area contributed by atoms with E-state index < -0.39 is 17.4 Å². The Hall–Kier alpha value is -4.14. The molecular formula is C22H18FN7O. The number of para-hydroxylation sites is 1. The molecule has 5 rings (SSSR count). The van der Waals surface area contributed by atoms with Crippen LogP contribution in [0.3, 0.4) is 0 Å². The summed E-state index contributed by atoms with van der Waals surface area (Å²) in [6.45, 7) is 1.96. The maximum Gasteiger partial charge on any atom is 0.269 e. The lowest BCUT2D eigenvalue weighted by atomic mass is 10.1. The molecule has 2 N–H and O–H groups in total. The van der Waals surface area contributed by atoms with Gasteiger partial charge in [-0.25, -0.2) is 19.3 Å². The zero-order valence-corrected chi connectivity index (χ0v) is 16.6. The van der Waals surface area contributed by atoms with Crippen LogP contribution < -0.4 is 10.9 Å². The number of aromatic nitrogens is 6. The molecule has 9 heteroatoms. The first-order valence-corrected chi connectivity index (χ1v) is 9.85. The molecule has 3 aromatic heterocycles. The monoisotopic (exact) mass is 415 g/mol. The van der Waals surface area contributed by atoms with Gasteiger partial charge in [-0.05, 0) is 30.7 Å². The van der Waals surface area contributed by atoms with Crippen LogP contribution in [0.2, 0.25) is 0 Å². The molecule has 3 heterocycles. The minimum atomic E-state index is -0.598. The second-order valence-electron chi connectivity index (χ2n) is 7.02. The summed E-state index contributed by atoms with van der Waals surface area (Å²) in [6, 6.07) is 13.1. The number of anilines is 1. The highest BCUT2D eigenvalue weighted by Gasteiger charge is 2.22. The number of H-pyrrole nitrogens is 1. The number of hydrogen-bond acceptors (Lipinski definition) is 6. The molecule has 31 heavy (non-hydrogen) atoms. The summed E-state index contributed by atoms with van der Waals surface area (Å²) in [5.41, 5.74) is 1.69. The van der Waals surface area contributed by atoms with E-state index in [9.17, 15) is 9.18 Å². The lowest BCUT2D eigenvalue weighted by Gasteiger charge is -2.21. The number of aromatic amines is 1. The van der Waals surface area contributed by atoms with Crippen molar-refractivity contribution in [2.45, 2.75) is 19.4 Å². The summed E-state index contributed by atoms with van der Waals surface area (Å²) < 4.78 is 16.0. The highest BCUT2D eigenvalue weighted by molar-refractivity contribution is 5.78. The molecule has 2 aromatic carbocycles. The van der Waals surface area contributed by atoms with E-state index in [1.54, 1.807) is 36.8 Å². The van der Waals surface area contributed by atoms with E-state index in [1.807, 2.05) is 25.1 Å². The highest BCUT2D eigenvalue weighted by atomic mass is 19.1. The van der Waals surface area contributed by atoms with Crippen LogP contribution in [0, 0.1) is 5.82 Å². The van der Waals surface area contributed by atoms with Gasteiger partial charge in [0.25, 0.3) is 5.56 Å². The molecule has 1 unspecified atom stereocenters. The molecule has 0 aliphatic carbocycles. The van der Waals surface area contributed by atoms with E-state index in [-0.39, 0.29) is 5.39 Å². The maximum absolute atomic E-state index is 14.5. The lowest BCUT2D eigenvalue weighted by Crippen LogP contribution is -2.29. The fraction of sp³-hybridized carbons (Fsp3) is 0.136. The summed E-state index contributed by atoms with van der Waals surface area (Å²) in [5.74, 6) is 0.210. The molecule has 0 aliphatic heterocycles. The minimum absolute atomic E-state index is 0.0425. The fourth-order valence-electron chi connectivity index (χ4n) is 3.58. The van der Waals surface area contributed by atoms with Gasteiger partial charge in [0.2, 0.25) is 5.95 Å². The first kappa shape index (κ1) is 18.9. The molecular weight excluding hydrogens is 397 g/mol. The van der Waals surface area contributed by atoms with E-state index in [1.165, 1.54) is 10.6 Å². The number of hydrogen-bond donors (Lipinski definition) is 2. The Morgan fingerprint density at radius 1 is 1.10 bits per heavy atom. The zero-order valence-electron chi connectivity index (χ0n) is 16.6. The molecule has 0 aliphatic rings. The van der Waals surface area contributed by atoms with Gasteiger partial charge < -0.3 is 10.3 Å². The van der Waals surface area contributed by atoms with Gasteiger partial charge in [0, 0.05) is 0 Å². The van der Waals surface area contributed by atoms with E-state index in [4.69, 9.17) is 0 Å². The second kappa shape index (κ2) is 7.60. The molecule has 0 saturated heterocycles. The van der Waals surface area contributed by atoms with Crippen molar-refractivity contribution in [3.05, 3.63) is 83.1 Å². The number of nitrogens with one attached hydrogen (secondary N) is 2. The van der Waals surface area contributed by atoms with Crippen molar-refractivity contribution in [3.63, 3.8) is 0 Å². The van der Waals surface area contributed by atoms with Gasteiger partial charge in [0.05, 0.1) is 29.8 Å². The van der Waals surface area contributed by atoms with Crippen molar-refractivity contribution < 1.29 is 4.39 Å². The van der Waals surface area contributed by atoms with Gasteiger partial charge in [-0.15, -0.1) is 0 Å². The van der Waals surface area contributed by atoms with Crippen LogP contribution in [0.5, 0.6) is 0 Å². The van der Waals surface area contributed by atoms with Crippen molar-refractivity contribution in [1.82, 2.24) is 29.5 Å². The Morgan fingerprint density at radius 2 is 1.94 bits per heavy atom. The third-order valence-electron chi connectivity index (χ3n) is 5.09. The highest BCUT2D eigenvalue weighted by Crippen LogP contribution is 2.24. The zero-order chi connectivity index (χ0) is 21.4. The van der Waals surface area contributed by atoms with E-state index in [0.717, 1.165) is 5.52 Å². The topological polar surface area (TPSA) is 101 Å². The summed E-state index contributed by atoms with van der Waals surface area (Å²) in [4.78, 5) is 33.9. The van der Waals surface area contributed by atoms with E-state index >= 15 is 0 Å². The first-order valence-electron chi connectivity index (χ1n) is 9.85. The Morgan fingerprint density at radius 3 is 2.74 bits per heavy atom. The number of nitrogens with zero attached hydrogens (tertiary/aromatic N) is 5. The number of fused-ring (bicyclic) bond motifs is 2. The van der Waals surface area contributed by atoms with Crippen LogP contribution in [0.25, 0.3) is 27.8 Å². The minimum Gasteiger partial charge on any atom is -0.344 e. The number of halogens is 1. The predicted octanol–water partition coefficient (Wildman–Crippen LogP) is 3.75. The van der Waals surface area contributed by atoms with Crippen LogP contribution in [0.1, 0.15) is 25.2 Å². The van der Waals surface area contributed by atoms with Crippen LogP contribution in [0.15, 0.2) is 65.8 Å². The van der Waals surface area contributed by atoms with Gasteiger partial charge in [-0.1, -0.05) is 31.2 Å². The van der Waals surface area contributed by atoms with Crippen LogP contribution >= 0.6 is 0 Å². The Labute approximate surface area is 175 Å². The average Bonchev–Trinajstić information content (AvgIpc) is 3.26. The molecule has 0 saturated carbocycles. The van der Waals surface area contributed by atoms with Crippen molar-refractivity contribution in [2.24, 2.45) is 0 Å². The maximum atomic E-state index is 14.5. The van der Waals surface area contributed by atoms with Gasteiger partial charge in [-0.3, -0.25) is 9.36 Å². The van der Waals surface area contributed by atoms with Gasteiger partial charge in [0.1, 0.15) is 22.5 Å². The lowest BCUT2D eigenvalue weighted by molar-refractivity contribution is 0.629. The van der Waals surface area contributed by atoms with E-state index in [2.05, 4.69) is 30.2 Å². The molecule has 5 aromatic rings. The van der Waals surface area contributed by atoms with Crippen molar-refractivity contribution in [3.8, 4) is 5.69 Å². The summed E-state index contributed by atoms with van der Waals surface area (Å²) in [6.07, 6.45) is 3.77.